The molecule has 0 amide bonds. The van der Waals surface area contributed by atoms with E-state index >= 15 is 0 Å². The van der Waals surface area contributed by atoms with Gasteiger partial charge in [0.25, 0.3) is 0 Å². The van der Waals surface area contributed by atoms with Crippen LogP contribution in [0.2, 0.25) is 0 Å². The van der Waals surface area contributed by atoms with Crippen LogP contribution >= 0.6 is 0 Å². The number of nitrogens with zero attached hydrogens (tertiary/aromatic N) is 2. The van der Waals surface area contributed by atoms with Gasteiger partial charge in [-0.05, 0) is 18.2 Å². The smallest absolute Gasteiger partial charge is 0.153 e. The molecule has 0 aliphatic rings. The standard InChI is InChI=1S/C15H13FN4O/c1-21-12-5-3-2-4-10(12)13-14(19-20-15(13)17)11-7-6-9(16)8-18-11/h2-8H,1H3,(H3,17,19,20). The number of aromatic nitrogens is 3. The van der Waals surface area contributed by atoms with E-state index in [4.69, 9.17) is 10.5 Å². The molecule has 3 N–H and O–H groups in total. The van der Waals surface area contributed by atoms with Crippen LogP contribution in [0.15, 0.2) is 42.6 Å². The highest BCUT2D eigenvalue weighted by molar-refractivity contribution is 5.89. The normalized spacial score (nSPS) is 10.6. The molecule has 5 nitrogen and oxygen atoms in total. The minimum Gasteiger partial charge on any atom is -0.496 e. The van der Waals surface area contributed by atoms with Crippen LogP contribution < -0.4 is 10.5 Å². The summed E-state index contributed by atoms with van der Waals surface area (Å²) >= 11 is 0. The van der Waals surface area contributed by atoms with E-state index in [2.05, 4.69) is 15.2 Å². The highest BCUT2D eigenvalue weighted by atomic mass is 19.1. The second kappa shape index (κ2) is 5.24. The van der Waals surface area contributed by atoms with E-state index in [1.54, 1.807) is 13.2 Å². The number of rotatable bonds is 3. The van der Waals surface area contributed by atoms with E-state index in [9.17, 15) is 4.39 Å². The molecule has 3 aromatic rings. The van der Waals surface area contributed by atoms with Crippen molar-refractivity contribution in [1.29, 1.82) is 0 Å². The second-order valence-corrected chi connectivity index (χ2v) is 4.42. The number of methoxy groups -OCH3 is 1. The largest absolute Gasteiger partial charge is 0.496 e. The number of anilines is 1. The molecule has 0 saturated carbocycles. The van der Waals surface area contributed by atoms with Gasteiger partial charge >= 0.3 is 0 Å². The summed E-state index contributed by atoms with van der Waals surface area (Å²) in [5, 5.41) is 6.87. The van der Waals surface area contributed by atoms with Gasteiger partial charge in [0, 0.05) is 5.56 Å². The van der Waals surface area contributed by atoms with Crippen molar-refractivity contribution in [3.05, 3.63) is 48.4 Å². The van der Waals surface area contributed by atoms with Crippen LogP contribution in [0.25, 0.3) is 22.5 Å². The summed E-state index contributed by atoms with van der Waals surface area (Å²) in [6.07, 6.45) is 1.15. The minimum absolute atomic E-state index is 0.334. The number of ether oxygens (including phenoxy) is 1. The number of benzene rings is 1. The maximum atomic E-state index is 13.0. The summed E-state index contributed by atoms with van der Waals surface area (Å²) in [7, 11) is 1.59. The third-order valence-electron chi connectivity index (χ3n) is 3.15. The Labute approximate surface area is 120 Å². The van der Waals surface area contributed by atoms with Crippen molar-refractivity contribution in [3.63, 3.8) is 0 Å². The van der Waals surface area contributed by atoms with Crippen molar-refractivity contribution in [2.24, 2.45) is 0 Å². The molecule has 0 saturated heterocycles. The molecule has 0 aliphatic heterocycles. The van der Waals surface area contributed by atoms with E-state index < -0.39 is 5.82 Å². The van der Waals surface area contributed by atoms with Gasteiger partial charge in [0.2, 0.25) is 0 Å². The molecule has 1 aromatic carbocycles. The Bertz CT molecular complexity index is 768. The minimum atomic E-state index is -0.398. The van der Waals surface area contributed by atoms with Gasteiger partial charge in [0.15, 0.2) is 5.82 Å². The summed E-state index contributed by atoms with van der Waals surface area (Å²) in [6, 6.07) is 10.4. The van der Waals surface area contributed by atoms with Crippen LogP contribution in [-0.2, 0) is 0 Å². The van der Waals surface area contributed by atoms with E-state index in [1.165, 1.54) is 6.07 Å². The predicted octanol–water partition coefficient (Wildman–Crippen LogP) is 2.87. The first-order chi connectivity index (χ1) is 10.2. The molecule has 2 heterocycles. The summed E-state index contributed by atoms with van der Waals surface area (Å²) in [5.74, 6) is 0.611. The topological polar surface area (TPSA) is 76.8 Å². The molecule has 3 rings (SSSR count). The lowest BCUT2D eigenvalue weighted by Crippen LogP contribution is -1.93. The van der Waals surface area contributed by atoms with Crippen LogP contribution in [0.5, 0.6) is 5.75 Å². The highest BCUT2D eigenvalue weighted by Gasteiger charge is 2.18. The van der Waals surface area contributed by atoms with Crippen LogP contribution in [0.3, 0.4) is 0 Å². The number of para-hydroxylation sites is 1. The lowest BCUT2D eigenvalue weighted by molar-refractivity contribution is 0.416. The molecule has 2 aromatic heterocycles. The maximum absolute atomic E-state index is 13.0. The Morgan fingerprint density at radius 3 is 2.71 bits per heavy atom. The van der Waals surface area contributed by atoms with Crippen molar-refractivity contribution in [2.75, 3.05) is 12.8 Å². The number of nitrogens with one attached hydrogen (secondary N) is 1. The van der Waals surface area contributed by atoms with Crippen molar-refractivity contribution in [2.45, 2.75) is 0 Å². The van der Waals surface area contributed by atoms with Crippen molar-refractivity contribution >= 4 is 5.82 Å². The fourth-order valence-corrected chi connectivity index (χ4v) is 2.19. The summed E-state index contributed by atoms with van der Waals surface area (Å²) in [6.45, 7) is 0. The van der Waals surface area contributed by atoms with E-state index in [-0.39, 0.29) is 0 Å². The summed E-state index contributed by atoms with van der Waals surface area (Å²) in [4.78, 5) is 4.06. The molecule has 0 radical (unpaired) electrons. The third-order valence-corrected chi connectivity index (χ3v) is 3.15. The molecule has 0 fully saturated rings. The summed E-state index contributed by atoms with van der Waals surface area (Å²) in [5.41, 5.74) is 8.63. The monoisotopic (exact) mass is 284 g/mol. The number of H-pyrrole nitrogens is 1. The first-order valence-electron chi connectivity index (χ1n) is 6.30. The van der Waals surface area contributed by atoms with Crippen LogP contribution in [0, 0.1) is 5.82 Å². The third kappa shape index (κ3) is 2.31. The fourth-order valence-electron chi connectivity index (χ4n) is 2.19. The molecular formula is C15H13FN4O. The van der Waals surface area contributed by atoms with Crippen molar-refractivity contribution in [3.8, 4) is 28.3 Å². The molecule has 0 atom stereocenters. The number of aromatic amines is 1. The Kier molecular flexibility index (Phi) is 3.27. The predicted molar refractivity (Wildman–Crippen MR) is 78.2 cm³/mol. The quantitative estimate of drug-likeness (QED) is 0.775. The van der Waals surface area contributed by atoms with Gasteiger partial charge in [-0.25, -0.2) is 4.39 Å². The SMILES string of the molecule is COc1ccccc1-c1c(N)n[nH]c1-c1ccc(F)cn1. The number of hydrogen-bond acceptors (Lipinski definition) is 4. The van der Waals surface area contributed by atoms with Gasteiger partial charge in [0.1, 0.15) is 11.6 Å². The maximum Gasteiger partial charge on any atom is 0.153 e. The zero-order chi connectivity index (χ0) is 14.8. The average molecular weight is 284 g/mol. The van der Waals surface area contributed by atoms with Gasteiger partial charge < -0.3 is 10.5 Å². The Hall–Kier alpha value is -2.89. The summed E-state index contributed by atoms with van der Waals surface area (Å²) < 4.78 is 18.4. The number of halogens is 1. The first-order valence-corrected chi connectivity index (χ1v) is 6.30. The molecular weight excluding hydrogens is 271 g/mol. The van der Waals surface area contributed by atoms with Crippen LogP contribution in [0.1, 0.15) is 0 Å². The van der Waals surface area contributed by atoms with E-state index in [1.807, 2.05) is 24.3 Å². The number of nitrogens with two attached hydrogens (primary N) is 1. The molecule has 0 aliphatic carbocycles. The van der Waals surface area contributed by atoms with Crippen LogP contribution in [-0.4, -0.2) is 22.3 Å². The van der Waals surface area contributed by atoms with Crippen molar-refractivity contribution < 1.29 is 9.13 Å². The van der Waals surface area contributed by atoms with E-state index in [0.29, 0.717) is 28.5 Å². The number of hydrogen-bond donors (Lipinski definition) is 2. The average Bonchev–Trinajstić information content (AvgIpc) is 2.89. The lowest BCUT2D eigenvalue weighted by Gasteiger charge is -2.09. The molecule has 0 bridgehead atoms. The van der Waals surface area contributed by atoms with Gasteiger partial charge in [-0.2, -0.15) is 5.10 Å². The Balaban J connectivity index is 2.20. The molecule has 0 unspecified atom stereocenters. The van der Waals surface area contributed by atoms with Gasteiger partial charge in [-0.1, -0.05) is 18.2 Å². The molecule has 6 heteroatoms. The van der Waals surface area contributed by atoms with Gasteiger partial charge in [0.05, 0.1) is 30.3 Å². The van der Waals surface area contributed by atoms with Gasteiger partial charge in [-0.15, -0.1) is 0 Å². The zero-order valence-electron chi connectivity index (χ0n) is 11.3. The zero-order valence-corrected chi connectivity index (χ0v) is 11.3. The second-order valence-electron chi connectivity index (χ2n) is 4.42. The first kappa shape index (κ1) is 13.1. The van der Waals surface area contributed by atoms with Crippen LogP contribution in [0.4, 0.5) is 10.2 Å². The molecule has 21 heavy (non-hydrogen) atoms. The molecule has 106 valence electrons. The number of nitrogen functional groups attached to an aromatic ring is 1. The Morgan fingerprint density at radius 1 is 1.19 bits per heavy atom. The van der Waals surface area contributed by atoms with Gasteiger partial charge in [-0.3, -0.25) is 10.1 Å². The highest BCUT2D eigenvalue weighted by Crippen LogP contribution is 2.38. The Morgan fingerprint density at radius 2 is 2.00 bits per heavy atom. The fraction of sp³-hybridized carbons (Fsp3) is 0.0667. The lowest BCUT2D eigenvalue weighted by atomic mass is 10.0. The van der Waals surface area contributed by atoms with E-state index in [0.717, 1.165) is 11.8 Å². The molecule has 0 spiro atoms. The van der Waals surface area contributed by atoms with Crippen molar-refractivity contribution in [1.82, 2.24) is 15.2 Å². The number of pyridine rings is 1.